The number of rotatable bonds is 8. The minimum atomic E-state index is -0.0895. The van der Waals surface area contributed by atoms with E-state index in [0.717, 1.165) is 51.1 Å². The predicted molar refractivity (Wildman–Crippen MR) is 150 cm³/mol. The van der Waals surface area contributed by atoms with Crippen LogP contribution in [0.15, 0.2) is 54.7 Å². The monoisotopic (exact) mass is 494 g/mol. The molecule has 0 spiro atoms. The Morgan fingerprint density at radius 2 is 1.71 bits per heavy atom. The summed E-state index contributed by atoms with van der Waals surface area (Å²) in [7, 11) is 0. The summed E-state index contributed by atoms with van der Waals surface area (Å²) in [5.74, 6) is 1.21. The molecule has 1 heterocycles. The summed E-state index contributed by atoms with van der Waals surface area (Å²) in [6.07, 6.45) is 14.5. The molecule has 0 saturated heterocycles. The van der Waals surface area contributed by atoms with Crippen LogP contribution in [-0.4, -0.2) is 28.4 Å². The van der Waals surface area contributed by atoms with E-state index in [9.17, 15) is 5.11 Å². The first kappa shape index (κ1) is 26.3. The van der Waals surface area contributed by atoms with Crippen LogP contribution in [0.4, 0.5) is 0 Å². The van der Waals surface area contributed by atoms with Crippen LogP contribution in [0.25, 0.3) is 10.9 Å². The van der Waals surface area contributed by atoms with Crippen LogP contribution >= 0.6 is 12.4 Å². The molecule has 2 aliphatic carbocycles. The summed E-state index contributed by atoms with van der Waals surface area (Å²) in [5.41, 5.74) is 5.65. The number of aryl methyl sites for hydroxylation is 1. The number of fused-ring (bicyclic) bond motifs is 1. The molecule has 2 aliphatic rings. The quantitative estimate of drug-likeness (QED) is 0.343. The third-order valence-corrected chi connectivity index (χ3v) is 8.38. The highest BCUT2D eigenvalue weighted by atomic mass is 35.5. The molecule has 190 valence electrons. The van der Waals surface area contributed by atoms with Gasteiger partial charge in [0.15, 0.2) is 0 Å². The van der Waals surface area contributed by atoms with Gasteiger partial charge in [-0.25, -0.2) is 0 Å². The summed E-state index contributed by atoms with van der Waals surface area (Å²) in [6, 6.07) is 18.7. The van der Waals surface area contributed by atoms with E-state index in [1.165, 1.54) is 59.7 Å². The van der Waals surface area contributed by atoms with Crippen LogP contribution in [0, 0.1) is 12.8 Å². The summed E-state index contributed by atoms with van der Waals surface area (Å²) in [6.45, 7) is 4.38. The zero-order valence-corrected chi connectivity index (χ0v) is 22.1. The van der Waals surface area contributed by atoms with Gasteiger partial charge in [-0.15, -0.1) is 12.4 Å². The molecular formula is C31H43ClN2O. The number of hydrogen-bond acceptors (Lipinski definition) is 2. The maximum Gasteiger partial charge on any atom is 0.0541 e. The maximum atomic E-state index is 9.85. The molecule has 0 bridgehead atoms. The number of halogens is 1. The van der Waals surface area contributed by atoms with Gasteiger partial charge in [0.1, 0.15) is 0 Å². The third-order valence-electron chi connectivity index (χ3n) is 8.38. The largest absolute Gasteiger partial charge is 0.393 e. The second-order valence-corrected chi connectivity index (χ2v) is 11.0. The standard InChI is InChI=1S/C31H42N2O.ClH/c1-23-8-7-11-25(20-23)28(18-19-32-26-14-16-27(34)17-15-26)30-22-33(21-24-9-3-2-4-10-24)31-13-6-5-12-29(30)31;/h5-8,11-13,20,22,24,26-28,32,34H,2-4,9-10,14-19,21H2,1H3;1H. The number of aliphatic hydroxyl groups excluding tert-OH is 1. The lowest BCUT2D eigenvalue weighted by Gasteiger charge is -2.27. The zero-order valence-electron chi connectivity index (χ0n) is 21.3. The van der Waals surface area contributed by atoms with E-state index in [1.54, 1.807) is 0 Å². The lowest BCUT2D eigenvalue weighted by molar-refractivity contribution is 0.116. The van der Waals surface area contributed by atoms with Crippen LogP contribution in [0.3, 0.4) is 0 Å². The first-order chi connectivity index (χ1) is 16.7. The van der Waals surface area contributed by atoms with Crippen LogP contribution < -0.4 is 5.32 Å². The number of aromatic nitrogens is 1. The van der Waals surface area contributed by atoms with Gasteiger partial charge in [-0.3, -0.25) is 0 Å². The molecule has 1 unspecified atom stereocenters. The maximum absolute atomic E-state index is 9.85. The highest BCUT2D eigenvalue weighted by Crippen LogP contribution is 2.36. The summed E-state index contributed by atoms with van der Waals surface area (Å²) in [5, 5.41) is 15.1. The molecule has 1 atom stereocenters. The van der Waals surface area contributed by atoms with Gasteiger partial charge in [0.25, 0.3) is 0 Å². The predicted octanol–water partition coefficient (Wildman–Crippen LogP) is 7.37. The van der Waals surface area contributed by atoms with Crippen molar-refractivity contribution in [2.75, 3.05) is 6.54 Å². The Labute approximate surface area is 217 Å². The Bertz CT molecular complexity index is 1060. The van der Waals surface area contributed by atoms with Crippen molar-refractivity contribution >= 4 is 23.3 Å². The van der Waals surface area contributed by atoms with Crippen LogP contribution in [0.5, 0.6) is 0 Å². The minimum absolute atomic E-state index is 0. The average Bonchev–Trinajstić information content (AvgIpc) is 3.22. The van der Waals surface area contributed by atoms with Gasteiger partial charge < -0.3 is 15.0 Å². The van der Waals surface area contributed by atoms with Gasteiger partial charge in [-0.2, -0.15) is 0 Å². The van der Waals surface area contributed by atoms with Gasteiger partial charge in [0, 0.05) is 35.6 Å². The highest BCUT2D eigenvalue weighted by Gasteiger charge is 2.23. The van der Waals surface area contributed by atoms with Crippen LogP contribution in [0.2, 0.25) is 0 Å². The Hall–Kier alpha value is -1.81. The molecule has 0 radical (unpaired) electrons. The number of nitrogens with zero attached hydrogens (tertiary/aromatic N) is 1. The second kappa shape index (κ2) is 12.4. The Kier molecular flexibility index (Phi) is 9.33. The van der Waals surface area contributed by atoms with Gasteiger partial charge in [0.05, 0.1) is 6.10 Å². The molecule has 1 aromatic heterocycles. The minimum Gasteiger partial charge on any atom is -0.393 e. The van der Waals surface area contributed by atoms with Crippen molar-refractivity contribution in [2.45, 2.75) is 95.7 Å². The molecule has 3 aromatic rings. The van der Waals surface area contributed by atoms with Crippen LogP contribution in [0.1, 0.15) is 86.8 Å². The molecular weight excluding hydrogens is 452 g/mol. The molecule has 4 heteroatoms. The first-order valence-corrected chi connectivity index (χ1v) is 13.7. The van der Waals surface area contributed by atoms with Crippen molar-refractivity contribution in [1.82, 2.24) is 9.88 Å². The van der Waals surface area contributed by atoms with Gasteiger partial charge >= 0.3 is 0 Å². The number of benzene rings is 2. The second-order valence-electron chi connectivity index (χ2n) is 11.0. The SMILES string of the molecule is Cc1cccc(C(CCNC2CCC(O)CC2)c2cn(CC3CCCCC3)c3ccccc23)c1.Cl. The molecule has 2 N–H and O–H groups in total. The summed E-state index contributed by atoms with van der Waals surface area (Å²) < 4.78 is 2.57. The molecule has 0 aliphatic heterocycles. The highest BCUT2D eigenvalue weighted by molar-refractivity contribution is 5.85. The Balaban J connectivity index is 0.00000289. The smallest absolute Gasteiger partial charge is 0.0541 e. The topological polar surface area (TPSA) is 37.2 Å². The van der Waals surface area contributed by atoms with E-state index >= 15 is 0 Å². The number of nitrogens with one attached hydrogen (secondary N) is 1. The van der Waals surface area contributed by atoms with E-state index in [0.29, 0.717) is 12.0 Å². The summed E-state index contributed by atoms with van der Waals surface area (Å²) >= 11 is 0. The Morgan fingerprint density at radius 1 is 0.943 bits per heavy atom. The fourth-order valence-electron chi connectivity index (χ4n) is 6.45. The average molecular weight is 495 g/mol. The van der Waals surface area contributed by atoms with Gasteiger partial charge in [-0.1, -0.05) is 67.3 Å². The molecule has 5 rings (SSSR count). The normalized spacial score (nSPS) is 22.1. The molecule has 35 heavy (non-hydrogen) atoms. The van der Waals surface area contributed by atoms with Crippen molar-refractivity contribution in [1.29, 1.82) is 0 Å². The van der Waals surface area contributed by atoms with Crippen molar-refractivity contribution < 1.29 is 5.11 Å². The number of aliphatic hydroxyl groups is 1. The van der Waals surface area contributed by atoms with E-state index in [2.05, 4.69) is 71.5 Å². The van der Waals surface area contributed by atoms with E-state index in [-0.39, 0.29) is 18.5 Å². The van der Waals surface area contributed by atoms with Crippen molar-refractivity contribution in [3.05, 3.63) is 71.4 Å². The molecule has 3 nitrogen and oxygen atoms in total. The van der Waals surface area contributed by atoms with Gasteiger partial charge in [0.2, 0.25) is 0 Å². The number of hydrogen-bond donors (Lipinski definition) is 2. The fraction of sp³-hybridized carbons (Fsp3) is 0.548. The Morgan fingerprint density at radius 3 is 2.49 bits per heavy atom. The van der Waals surface area contributed by atoms with Crippen molar-refractivity contribution in [2.24, 2.45) is 5.92 Å². The third kappa shape index (κ3) is 6.50. The fourth-order valence-corrected chi connectivity index (χ4v) is 6.45. The van der Waals surface area contributed by atoms with E-state index in [4.69, 9.17) is 0 Å². The van der Waals surface area contributed by atoms with Crippen molar-refractivity contribution in [3.8, 4) is 0 Å². The zero-order chi connectivity index (χ0) is 23.3. The lowest BCUT2D eigenvalue weighted by Crippen LogP contribution is -2.35. The molecule has 0 amide bonds. The van der Waals surface area contributed by atoms with Crippen LogP contribution in [-0.2, 0) is 6.54 Å². The molecule has 2 saturated carbocycles. The summed E-state index contributed by atoms with van der Waals surface area (Å²) in [4.78, 5) is 0. The molecule has 2 aromatic carbocycles. The van der Waals surface area contributed by atoms with E-state index < -0.39 is 0 Å². The lowest BCUT2D eigenvalue weighted by atomic mass is 9.87. The van der Waals surface area contributed by atoms with Crippen molar-refractivity contribution in [3.63, 3.8) is 0 Å². The van der Waals surface area contributed by atoms with Gasteiger partial charge in [-0.05, 0) is 81.5 Å². The van der Waals surface area contributed by atoms with E-state index in [1.807, 2.05) is 0 Å². The number of para-hydroxylation sites is 1. The molecule has 2 fully saturated rings. The first-order valence-electron chi connectivity index (χ1n) is 13.7.